The molecule has 7 heteroatoms. The zero-order chi connectivity index (χ0) is 22.5. The van der Waals surface area contributed by atoms with E-state index in [-0.39, 0.29) is 17.1 Å². The standard InChI is InChI=1S/C25H30N2O4S/c1-18(28)31-22-16-27(24(29)17-26-14-6-3-7-15-26)21-8-4-5-9-23(21)32-25(22)19-10-12-20(30-2)13-11-19/h4-5,8-13,22,25H,3,6-7,14-17H2,1-2H3/t22-,25-/m0/s1. The van der Waals surface area contributed by atoms with Gasteiger partial charge in [-0.3, -0.25) is 14.5 Å². The number of ether oxygens (including phenoxy) is 2. The molecule has 170 valence electrons. The van der Waals surface area contributed by atoms with Crippen LogP contribution in [0.5, 0.6) is 5.75 Å². The van der Waals surface area contributed by atoms with Crippen LogP contribution in [0.3, 0.4) is 0 Å². The van der Waals surface area contributed by atoms with Crippen molar-refractivity contribution in [3.8, 4) is 5.75 Å². The first-order valence-electron chi connectivity index (χ1n) is 11.1. The normalized spacial score (nSPS) is 21.4. The Bertz CT molecular complexity index is 943. The second-order valence-corrected chi connectivity index (χ2v) is 9.45. The van der Waals surface area contributed by atoms with E-state index in [1.807, 2.05) is 53.4 Å². The van der Waals surface area contributed by atoms with Gasteiger partial charge in [0, 0.05) is 11.8 Å². The Morgan fingerprint density at radius 1 is 1.03 bits per heavy atom. The van der Waals surface area contributed by atoms with Crippen LogP contribution in [0.15, 0.2) is 53.4 Å². The maximum atomic E-state index is 13.5. The number of carbonyl (C=O) groups is 2. The summed E-state index contributed by atoms with van der Waals surface area (Å²) in [7, 11) is 1.64. The lowest BCUT2D eigenvalue weighted by molar-refractivity contribution is -0.146. The van der Waals surface area contributed by atoms with E-state index in [4.69, 9.17) is 9.47 Å². The van der Waals surface area contributed by atoms with E-state index in [9.17, 15) is 9.59 Å². The number of amides is 1. The minimum Gasteiger partial charge on any atom is -0.497 e. The molecule has 0 N–H and O–H groups in total. The van der Waals surface area contributed by atoms with Crippen LogP contribution < -0.4 is 9.64 Å². The summed E-state index contributed by atoms with van der Waals surface area (Å²) in [5.41, 5.74) is 1.91. The number of carbonyl (C=O) groups excluding carboxylic acids is 2. The van der Waals surface area contributed by atoms with Crippen LogP contribution in [0.25, 0.3) is 0 Å². The lowest BCUT2D eigenvalue weighted by Gasteiger charge is -2.31. The molecule has 2 aliphatic heterocycles. The van der Waals surface area contributed by atoms with Gasteiger partial charge in [-0.15, -0.1) is 11.8 Å². The number of benzene rings is 2. The molecule has 0 spiro atoms. The van der Waals surface area contributed by atoms with E-state index in [2.05, 4.69) is 4.90 Å². The van der Waals surface area contributed by atoms with Crippen molar-refractivity contribution < 1.29 is 19.1 Å². The molecule has 4 rings (SSSR count). The minimum absolute atomic E-state index is 0.0486. The van der Waals surface area contributed by atoms with Crippen molar-refractivity contribution >= 4 is 29.3 Å². The molecule has 32 heavy (non-hydrogen) atoms. The first-order chi connectivity index (χ1) is 15.5. The largest absolute Gasteiger partial charge is 0.497 e. The Morgan fingerprint density at radius 3 is 2.44 bits per heavy atom. The van der Waals surface area contributed by atoms with E-state index in [1.165, 1.54) is 13.3 Å². The van der Waals surface area contributed by atoms with Gasteiger partial charge in [-0.25, -0.2) is 0 Å². The molecule has 0 unspecified atom stereocenters. The molecular weight excluding hydrogens is 424 g/mol. The Balaban J connectivity index is 1.66. The Morgan fingerprint density at radius 2 is 1.75 bits per heavy atom. The fraction of sp³-hybridized carbons (Fsp3) is 0.440. The van der Waals surface area contributed by atoms with Crippen LogP contribution in [-0.4, -0.2) is 56.2 Å². The van der Waals surface area contributed by atoms with Gasteiger partial charge in [0.05, 0.1) is 31.1 Å². The number of rotatable bonds is 5. The topological polar surface area (TPSA) is 59.1 Å². The van der Waals surface area contributed by atoms with Gasteiger partial charge in [0.15, 0.2) is 0 Å². The summed E-state index contributed by atoms with van der Waals surface area (Å²) in [5, 5.41) is -0.140. The van der Waals surface area contributed by atoms with E-state index in [0.717, 1.165) is 47.8 Å². The van der Waals surface area contributed by atoms with Gasteiger partial charge in [0.25, 0.3) is 0 Å². The summed E-state index contributed by atoms with van der Waals surface area (Å²) in [5.74, 6) is 0.478. The first-order valence-corrected chi connectivity index (χ1v) is 12.0. The van der Waals surface area contributed by atoms with E-state index in [0.29, 0.717) is 13.1 Å². The van der Waals surface area contributed by atoms with Gasteiger partial charge in [0.2, 0.25) is 5.91 Å². The molecule has 2 heterocycles. The summed E-state index contributed by atoms with van der Waals surface area (Å²) >= 11 is 1.64. The lowest BCUT2D eigenvalue weighted by Crippen LogP contribution is -2.46. The number of nitrogens with zero attached hydrogens (tertiary/aromatic N) is 2. The molecule has 2 atom stereocenters. The SMILES string of the molecule is COc1ccc([C@@H]2Sc3ccccc3N(C(=O)CN3CCCCC3)C[C@@H]2OC(C)=O)cc1. The average Bonchev–Trinajstić information content (AvgIpc) is 2.97. The third kappa shape index (κ3) is 5.27. The second kappa shape index (κ2) is 10.4. The third-order valence-electron chi connectivity index (χ3n) is 5.98. The van der Waals surface area contributed by atoms with Gasteiger partial charge < -0.3 is 14.4 Å². The Hall–Kier alpha value is -2.51. The molecule has 1 fully saturated rings. The van der Waals surface area contributed by atoms with Crippen LogP contribution in [0.2, 0.25) is 0 Å². The van der Waals surface area contributed by atoms with Crippen molar-refractivity contribution in [2.45, 2.75) is 42.4 Å². The highest BCUT2D eigenvalue weighted by Crippen LogP contribution is 2.46. The molecular formula is C25H30N2O4S. The van der Waals surface area contributed by atoms with Crippen molar-refractivity contribution in [3.05, 3.63) is 54.1 Å². The summed E-state index contributed by atoms with van der Waals surface area (Å²) < 4.78 is 11.1. The van der Waals surface area contributed by atoms with Crippen molar-refractivity contribution in [1.29, 1.82) is 0 Å². The second-order valence-electron chi connectivity index (χ2n) is 8.27. The number of esters is 1. The van der Waals surface area contributed by atoms with Crippen molar-refractivity contribution in [2.75, 3.05) is 38.2 Å². The van der Waals surface area contributed by atoms with E-state index >= 15 is 0 Å². The molecule has 2 aromatic carbocycles. The summed E-state index contributed by atoms with van der Waals surface area (Å²) in [6, 6.07) is 15.8. The van der Waals surface area contributed by atoms with Crippen molar-refractivity contribution in [1.82, 2.24) is 4.90 Å². The average molecular weight is 455 g/mol. The van der Waals surface area contributed by atoms with Crippen molar-refractivity contribution in [2.24, 2.45) is 0 Å². The Labute approximate surface area is 193 Å². The lowest BCUT2D eigenvalue weighted by atomic mass is 10.1. The summed E-state index contributed by atoms with van der Waals surface area (Å²) in [6.07, 6.45) is 3.03. The number of hydrogen-bond acceptors (Lipinski definition) is 6. The molecule has 0 radical (unpaired) electrons. The number of likely N-dealkylation sites (tertiary alicyclic amines) is 1. The number of hydrogen-bond donors (Lipinski definition) is 0. The van der Waals surface area contributed by atoms with Crippen molar-refractivity contribution in [3.63, 3.8) is 0 Å². The van der Waals surface area contributed by atoms with Gasteiger partial charge in [-0.05, 0) is 55.8 Å². The smallest absolute Gasteiger partial charge is 0.303 e. The van der Waals surface area contributed by atoms with Crippen LogP contribution in [0.4, 0.5) is 5.69 Å². The predicted molar refractivity (Wildman–Crippen MR) is 126 cm³/mol. The highest BCUT2D eigenvalue weighted by molar-refractivity contribution is 7.99. The maximum Gasteiger partial charge on any atom is 0.303 e. The predicted octanol–water partition coefficient (Wildman–Crippen LogP) is 4.29. The maximum absolute atomic E-state index is 13.5. The highest BCUT2D eigenvalue weighted by atomic mass is 32.2. The number of methoxy groups -OCH3 is 1. The zero-order valence-electron chi connectivity index (χ0n) is 18.7. The van der Waals surface area contributed by atoms with E-state index < -0.39 is 6.10 Å². The first kappa shape index (κ1) is 22.7. The molecule has 2 aromatic rings. The number of thioether (sulfide) groups is 1. The van der Waals surface area contributed by atoms with Crippen LogP contribution in [0, 0.1) is 0 Å². The number of para-hydroxylation sites is 1. The van der Waals surface area contributed by atoms with E-state index in [1.54, 1.807) is 18.9 Å². The summed E-state index contributed by atoms with van der Waals surface area (Å²) in [6.45, 7) is 4.05. The molecule has 1 amide bonds. The monoisotopic (exact) mass is 454 g/mol. The van der Waals surface area contributed by atoms with Crippen LogP contribution >= 0.6 is 11.8 Å². The number of anilines is 1. The molecule has 0 aliphatic carbocycles. The third-order valence-corrected chi connectivity index (χ3v) is 7.41. The fourth-order valence-electron chi connectivity index (χ4n) is 4.39. The minimum atomic E-state index is -0.469. The molecule has 2 aliphatic rings. The van der Waals surface area contributed by atoms with Crippen LogP contribution in [0.1, 0.15) is 37.0 Å². The molecule has 1 saturated heterocycles. The van der Waals surface area contributed by atoms with Gasteiger partial charge >= 0.3 is 5.97 Å². The van der Waals surface area contributed by atoms with Gasteiger partial charge in [-0.1, -0.05) is 30.7 Å². The zero-order valence-corrected chi connectivity index (χ0v) is 19.5. The highest BCUT2D eigenvalue weighted by Gasteiger charge is 2.36. The summed E-state index contributed by atoms with van der Waals surface area (Å²) in [4.78, 5) is 30.5. The molecule has 0 bridgehead atoms. The number of fused-ring (bicyclic) bond motifs is 1. The quantitative estimate of drug-likeness (QED) is 0.628. The molecule has 6 nitrogen and oxygen atoms in total. The molecule has 0 aromatic heterocycles. The molecule has 0 saturated carbocycles. The van der Waals surface area contributed by atoms with Gasteiger partial charge in [0.1, 0.15) is 11.9 Å². The Kier molecular flexibility index (Phi) is 7.37. The van der Waals surface area contributed by atoms with Crippen LogP contribution in [-0.2, 0) is 14.3 Å². The fourth-order valence-corrected chi connectivity index (χ4v) is 5.70. The van der Waals surface area contributed by atoms with Gasteiger partial charge in [-0.2, -0.15) is 0 Å². The number of piperidine rings is 1.